The minimum Gasteiger partial charge on any atom is -0.506 e. The van der Waals surface area contributed by atoms with E-state index in [0.717, 1.165) is 19.3 Å². The molecule has 3 N–H and O–H groups in total. The Kier molecular flexibility index (Phi) is 6.40. The number of carbonyl (C=O) groups is 3. The van der Waals surface area contributed by atoms with E-state index in [1.165, 1.54) is 18.2 Å². The van der Waals surface area contributed by atoms with Gasteiger partial charge in [-0.25, -0.2) is 9.59 Å². The van der Waals surface area contributed by atoms with Gasteiger partial charge in [-0.05, 0) is 17.7 Å². The third-order valence-corrected chi connectivity index (χ3v) is 2.94. The predicted octanol–water partition coefficient (Wildman–Crippen LogP) is 0.887. The van der Waals surface area contributed by atoms with Crippen molar-refractivity contribution < 1.29 is 29.3 Å². The largest absolute Gasteiger partial charge is 0.506 e. The van der Waals surface area contributed by atoms with E-state index in [1.807, 2.05) is 0 Å². The van der Waals surface area contributed by atoms with Crippen LogP contribution in [0.1, 0.15) is 5.56 Å². The Morgan fingerprint density at radius 3 is 2.59 bits per heavy atom. The van der Waals surface area contributed by atoms with Crippen LogP contribution in [0.4, 0.5) is 0 Å². The molecule has 8 heteroatoms. The number of carboxylic acids is 1. The van der Waals surface area contributed by atoms with Crippen molar-refractivity contribution in [1.29, 1.82) is 0 Å². The van der Waals surface area contributed by atoms with Gasteiger partial charge < -0.3 is 20.3 Å². The normalized spacial score (nSPS) is 11.9. The molecule has 0 spiro atoms. The number of carboxylic acid groups (broad SMARTS) is 1. The van der Waals surface area contributed by atoms with Gasteiger partial charge in [0.2, 0.25) is 5.91 Å². The van der Waals surface area contributed by atoms with Gasteiger partial charge in [-0.15, -0.1) is 0 Å². The molecule has 0 aliphatic carbocycles. The number of nitrogens with one attached hydrogen (secondary N) is 1. The number of hydrogen-bond acceptors (Lipinski definition) is 5. The van der Waals surface area contributed by atoms with E-state index in [2.05, 4.69) is 10.1 Å². The molecule has 118 valence electrons. The second-order valence-corrected chi connectivity index (χ2v) is 4.65. The van der Waals surface area contributed by atoms with Gasteiger partial charge in [0, 0.05) is 18.6 Å². The van der Waals surface area contributed by atoms with Crippen LogP contribution in [-0.2, 0) is 25.5 Å². The lowest BCUT2D eigenvalue weighted by atomic mass is 10.1. The van der Waals surface area contributed by atoms with Crippen molar-refractivity contribution >= 4 is 29.4 Å². The number of amides is 1. The van der Waals surface area contributed by atoms with Gasteiger partial charge in [-0.2, -0.15) is 0 Å². The minimum absolute atomic E-state index is 0.0346. The van der Waals surface area contributed by atoms with Crippen molar-refractivity contribution in [3.05, 3.63) is 40.9 Å². The Bertz CT molecular complexity index is 613. The number of methoxy groups -OCH3 is 1. The molecule has 0 saturated heterocycles. The Morgan fingerprint density at radius 1 is 1.36 bits per heavy atom. The van der Waals surface area contributed by atoms with Gasteiger partial charge in [0.15, 0.2) is 0 Å². The van der Waals surface area contributed by atoms with Crippen LogP contribution >= 0.6 is 11.6 Å². The lowest BCUT2D eigenvalue weighted by Gasteiger charge is -2.13. The summed E-state index contributed by atoms with van der Waals surface area (Å²) in [5.41, 5.74) is 0.521. The number of halogens is 1. The number of benzene rings is 1. The van der Waals surface area contributed by atoms with Crippen molar-refractivity contribution in [3.63, 3.8) is 0 Å². The van der Waals surface area contributed by atoms with Gasteiger partial charge in [0.25, 0.3) is 0 Å². The first-order valence-electron chi connectivity index (χ1n) is 6.10. The molecular weight excluding hydrogens is 314 g/mol. The first kappa shape index (κ1) is 17.5. The third kappa shape index (κ3) is 5.45. The van der Waals surface area contributed by atoms with Gasteiger partial charge in [0.1, 0.15) is 11.8 Å². The predicted molar refractivity (Wildman–Crippen MR) is 77.5 cm³/mol. The van der Waals surface area contributed by atoms with Crippen LogP contribution in [0.25, 0.3) is 0 Å². The summed E-state index contributed by atoms with van der Waals surface area (Å²) in [4.78, 5) is 33.6. The molecule has 0 radical (unpaired) electrons. The van der Waals surface area contributed by atoms with Crippen LogP contribution in [0.5, 0.6) is 5.75 Å². The summed E-state index contributed by atoms with van der Waals surface area (Å²) in [6.07, 6.45) is 1.73. The molecule has 0 aliphatic heterocycles. The van der Waals surface area contributed by atoms with E-state index >= 15 is 0 Å². The number of rotatable bonds is 6. The molecule has 1 amide bonds. The molecule has 0 aliphatic rings. The fourth-order valence-electron chi connectivity index (χ4n) is 1.54. The molecule has 1 rings (SSSR count). The second-order valence-electron chi connectivity index (χ2n) is 4.25. The number of hydrogen-bond donors (Lipinski definition) is 3. The molecule has 0 unspecified atom stereocenters. The number of aliphatic carboxylic acids is 1. The zero-order chi connectivity index (χ0) is 16.7. The van der Waals surface area contributed by atoms with Gasteiger partial charge >= 0.3 is 11.9 Å². The van der Waals surface area contributed by atoms with E-state index in [0.29, 0.717) is 5.56 Å². The quantitative estimate of drug-likeness (QED) is 0.528. The van der Waals surface area contributed by atoms with Crippen molar-refractivity contribution in [2.24, 2.45) is 0 Å². The molecule has 0 fully saturated rings. The summed E-state index contributed by atoms with van der Waals surface area (Å²) in [7, 11) is 1.15. The monoisotopic (exact) mass is 327 g/mol. The van der Waals surface area contributed by atoms with Crippen molar-refractivity contribution in [3.8, 4) is 5.75 Å². The van der Waals surface area contributed by atoms with Crippen LogP contribution in [0.2, 0.25) is 5.02 Å². The summed E-state index contributed by atoms with van der Waals surface area (Å²) in [5, 5.41) is 20.7. The van der Waals surface area contributed by atoms with Crippen molar-refractivity contribution in [1.82, 2.24) is 5.32 Å². The van der Waals surface area contributed by atoms with Crippen LogP contribution in [-0.4, -0.2) is 41.2 Å². The Labute approximate surface area is 131 Å². The van der Waals surface area contributed by atoms with Gasteiger partial charge in [-0.1, -0.05) is 17.7 Å². The number of aromatic hydroxyl groups is 1. The van der Waals surface area contributed by atoms with Crippen molar-refractivity contribution in [2.45, 2.75) is 12.5 Å². The number of carbonyl (C=O) groups excluding carboxylic acids is 2. The number of esters is 1. The average molecular weight is 328 g/mol. The lowest BCUT2D eigenvalue weighted by Crippen LogP contribution is -2.41. The highest BCUT2D eigenvalue weighted by molar-refractivity contribution is 6.32. The summed E-state index contributed by atoms with van der Waals surface area (Å²) in [6, 6.07) is 3.02. The van der Waals surface area contributed by atoms with E-state index in [1.54, 1.807) is 0 Å². The summed E-state index contributed by atoms with van der Waals surface area (Å²) in [6.45, 7) is 0. The lowest BCUT2D eigenvalue weighted by molar-refractivity contribution is -0.141. The highest BCUT2D eigenvalue weighted by Crippen LogP contribution is 2.24. The second kappa shape index (κ2) is 8.04. The Balaban J connectivity index is 2.75. The first-order valence-corrected chi connectivity index (χ1v) is 6.48. The summed E-state index contributed by atoms with van der Waals surface area (Å²) >= 11 is 5.74. The standard InChI is InChI=1S/C14H14ClNO6/c1-22-13(19)5-4-12(18)16-10(14(20)21)7-8-2-3-11(17)9(15)6-8/h2-6,10,17H,7H2,1H3,(H,16,18)(H,20,21)/t10-/m0/s1. The molecule has 0 heterocycles. The summed E-state index contributed by atoms with van der Waals surface area (Å²) in [5.74, 6) is -2.85. The molecule has 1 aromatic carbocycles. The topological polar surface area (TPSA) is 113 Å². The van der Waals surface area contributed by atoms with Crippen LogP contribution < -0.4 is 5.32 Å². The van der Waals surface area contributed by atoms with Crippen LogP contribution in [0.15, 0.2) is 30.4 Å². The van der Waals surface area contributed by atoms with Crippen LogP contribution in [0.3, 0.4) is 0 Å². The molecule has 0 bridgehead atoms. The first-order chi connectivity index (χ1) is 10.3. The third-order valence-electron chi connectivity index (χ3n) is 2.64. The van der Waals surface area contributed by atoms with Gasteiger partial charge in [0.05, 0.1) is 12.1 Å². The Morgan fingerprint density at radius 2 is 2.05 bits per heavy atom. The van der Waals surface area contributed by atoms with Crippen molar-refractivity contribution in [2.75, 3.05) is 7.11 Å². The number of ether oxygens (including phenoxy) is 1. The fourth-order valence-corrected chi connectivity index (χ4v) is 1.75. The molecule has 7 nitrogen and oxygen atoms in total. The molecule has 22 heavy (non-hydrogen) atoms. The number of phenols is 1. The maximum atomic E-state index is 11.6. The average Bonchev–Trinajstić information content (AvgIpc) is 2.47. The smallest absolute Gasteiger partial charge is 0.330 e. The highest BCUT2D eigenvalue weighted by atomic mass is 35.5. The molecule has 0 saturated carbocycles. The molecule has 0 aromatic heterocycles. The zero-order valence-corrected chi connectivity index (χ0v) is 12.3. The van der Waals surface area contributed by atoms with E-state index in [4.69, 9.17) is 16.7 Å². The van der Waals surface area contributed by atoms with E-state index in [-0.39, 0.29) is 17.2 Å². The maximum Gasteiger partial charge on any atom is 0.330 e. The van der Waals surface area contributed by atoms with Crippen LogP contribution in [0, 0.1) is 0 Å². The summed E-state index contributed by atoms with van der Waals surface area (Å²) < 4.78 is 4.31. The van der Waals surface area contributed by atoms with E-state index in [9.17, 15) is 19.5 Å². The Hall–Kier alpha value is -2.54. The maximum absolute atomic E-state index is 11.6. The molecular formula is C14H14ClNO6. The fraction of sp³-hybridized carbons (Fsp3) is 0.214. The van der Waals surface area contributed by atoms with E-state index < -0.39 is 23.9 Å². The highest BCUT2D eigenvalue weighted by Gasteiger charge is 2.20. The van der Waals surface area contributed by atoms with Gasteiger partial charge in [-0.3, -0.25) is 4.79 Å². The number of phenolic OH excluding ortho intramolecular Hbond substituents is 1. The molecule has 1 atom stereocenters. The minimum atomic E-state index is -1.25. The SMILES string of the molecule is COC(=O)C=CC(=O)N[C@@H](Cc1ccc(O)c(Cl)c1)C(=O)O. The molecule has 1 aromatic rings. The zero-order valence-electron chi connectivity index (χ0n) is 11.6.